The quantitative estimate of drug-likeness (QED) is 0.635. The maximum atomic E-state index is 6.73. The number of allylic oxidation sites excluding steroid dienone is 1. The largest absolute Gasteiger partial charge is 0.391 e. The van der Waals surface area contributed by atoms with E-state index in [1.54, 1.807) is 6.08 Å². The van der Waals surface area contributed by atoms with Crippen LogP contribution in [-0.4, -0.2) is 9.97 Å². The van der Waals surface area contributed by atoms with E-state index in [9.17, 15) is 0 Å². The first kappa shape index (κ1) is 8.21. The molecule has 0 amide bonds. The van der Waals surface area contributed by atoms with Crippen molar-refractivity contribution in [1.82, 2.24) is 9.97 Å². The van der Waals surface area contributed by atoms with Gasteiger partial charge in [-0.05, 0) is 13.0 Å². The monoisotopic (exact) mass is 160 g/mol. The third kappa shape index (κ3) is 1.58. The van der Waals surface area contributed by atoms with Gasteiger partial charge < -0.3 is 10.6 Å². The summed E-state index contributed by atoms with van der Waals surface area (Å²) in [5.74, 6) is 0.337. The van der Waals surface area contributed by atoms with Gasteiger partial charge in [-0.1, -0.05) is 12.6 Å². The molecule has 0 saturated carbocycles. The molecule has 0 fully saturated rings. The van der Waals surface area contributed by atoms with Crippen LogP contribution in [0.25, 0.3) is 10.9 Å². The van der Waals surface area contributed by atoms with Gasteiger partial charge in [0.15, 0.2) is 5.69 Å². The molecule has 4 heteroatoms. The summed E-state index contributed by atoms with van der Waals surface area (Å²) in [6.07, 6.45) is 5.12. The van der Waals surface area contributed by atoms with Crippen LogP contribution in [0.15, 0.2) is 12.3 Å². The van der Waals surface area contributed by atoms with Gasteiger partial charge in [0.2, 0.25) is 0 Å². The van der Waals surface area contributed by atoms with E-state index in [-0.39, 0.29) is 11.6 Å². The molecule has 0 atom stereocenters. The number of hydrogen-bond acceptors (Lipinski definition) is 3. The van der Waals surface area contributed by atoms with E-state index in [1.807, 2.05) is 13.0 Å². The lowest BCUT2D eigenvalue weighted by Crippen LogP contribution is -1.93. The molecule has 0 aliphatic heterocycles. The minimum absolute atomic E-state index is 0.158. The summed E-state index contributed by atoms with van der Waals surface area (Å²) < 4.78 is 0. The van der Waals surface area contributed by atoms with Crippen molar-refractivity contribution in [2.24, 2.45) is 0 Å². The number of nitrogens with zero attached hydrogens (tertiary/aromatic N) is 3. The van der Waals surface area contributed by atoms with Gasteiger partial charge in [0.1, 0.15) is 5.82 Å². The second kappa shape index (κ2) is 3.49. The Balaban J connectivity index is 3.16. The van der Waals surface area contributed by atoms with Gasteiger partial charge in [-0.2, -0.15) is 0 Å². The van der Waals surface area contributed by atoms with Gasteiger partial charge in [0.25, 0.3) is 0 Å². The van der Waals surface area contributed by atoms with E-state index in [4.69, 9.17) is 12.3 Å². The molecule has 0 spiro atoms. The molecule has 1 heterocycles. The molecule has 12 heavy (non-hydrogen) atoms. The summed E-state index contributed by atoms with van der Waals surface area (Å²) in [7, 11) is 0. The Hall–Kier alpha value is -1.89. The zero-order chi connectivity index (χ0) is 8.97. The topological polar surface area (TPSA) is 56.2 Å². The molecule has 0 saturated heterocycles. The minimum atomic E-state index is 0.158. The Labute approximate surface area is 70.6 Å². The van der Waals surface area contributed by atoms with Gasteiger partial charge in [0.05, 0.1) is 6.20 Å². The third-order valence-corrected chi connectivity index (χ3v) is 1.24. The van der Waals surface area contributed by atoms with Crippen molar-refractivity contribution in [3.8, 4) is 0 Å². The smallest absolute Gasteiger partial charge is 0.312 e. The number of rotatable bonds is 1. The molecule has 4 nitrogen and oxygen atoms in total. The minimum Gasteiger partial charge on any atom is -0.391 e. The van der Waals surface area contributed by atoms with Crippen molar-refractivity contribution >= 4 is 17.7 Å². The fourth-order valence-corrected chi connectivity index (χ4v) is 0.735. The van der Waals surface area contributed by atoms with E-state index < -0.39 is 0 Å². The van der Waals surface area contributed by atoms with Crippen LogP contribution < -0.4 is 5.73 Å². The highest BCUT2D eigenvalue weighted by Gasteiger charge is 2.02. The molecule has 0 unspecified atom stereocenters. The van der Waals surface area contributed by atoms with Crippen LogP contribution in [0.2, 0.25) is 0 Å². The third-order valence-electron chi connectivity index (χ3n) is 1.24. The molecule has 0 aromatic carbocycles. The lowest BCUT2D eigenvalue weighted by Gasteiger charge is -1.93. The van der Waals surface area contributed by atoms with Gasteiger partial charge >= 0.3 is 5.82 Å². The molecule has 1 aromatic heterocycles. The number of nitrogen functional groups attached to an aromatic ring is 1. The van der Waals surface area contributed by atoms with Gasteiger partial charge in [-0.15, -0.1) is 4.98 Å². The summed E-state index contributed by atoms with van der Waals surface area (Å²) in [4.78, 5) is 10.9. The van der Waals surface area contributed by atoms with Crippen molar-refractivity contribution in [3.05, 3.63) is 29.4 Å². The van der Waals surface area contributed by atoms with Crippen LogP contribution in [-0.2, 0) is 0 Å². The van der Waals surface area contributed by atoms with Gasteiger partial charge in [-0.25, -0.2) is 4.98 Å². The van der Waals surface area contributed by atoms with Crippen LogP contribution in [0.4, 0.5) is 11.6 Å². The van der Waals surface area contributed by atoms with Crippen molar-refractivity contribution in [2.75, 3.05) is 5.73 Å². The molecular weight excluding hydrogens is 152 g/mol. The molecule has 2 N–H and O–H groups in total. The highest BCUT2D eigenvalue weighted by molar-refractivity contribution is 5.59. The average Bonchev–Trinajstić information content (AvgIpc) is 2.09. The molecule has 60 valence electrons. The Morgan fingerprint density at radius 2 is 2.42 bits per heavy atom. The molecular formula is C8H8N4. The Morgan fingerprint density at radius 3 is 3.00 bits per heavy atom. The zero-order valence-electron chi connectivity index (χ0n) is 6.65. The Kier molecular flexibility index (Phi) is 2.38. The highest BCUT2D eigenvalue weighted by atomic mass is 15.0. The predicted molar refractivity (Wildman–Crippen MR) is 47.4 cm³/mol. The maximum absolute atomic E-state index is 6.73. The maximum Gasteiger partial charge on any atom is 0.312 e. The SMILES string of the molecule is [C-]#[N+]c1nc(/C=C\C)cnc1N. The number of hydrogen-bond donors (Lipinski definition) is 1. The predicted octanol–water partition coefficient (Wildman–Crippen LogP) is 1.64. The van der Waals surface area contributed by atoms with Crippen molar-refractivity contribution in [3.63, 3.8) is 0 Å². The van der Waals surface area contributed by atoms with E-state index in [2.05, 4.69) is 14.8 Å². The number of nitrogens with two attached hydrogens (primary N) is 1. The van der Waals surface area contributed by atoms with Crippen LogP contribution in [0.3, 0.4) is 0 Å². The van der Waals surface area contributed by atoms with Gasteiger partial charge in [0, 0.05) is 0 Å². The summed E-state index contributed by atoms with van der Waals surface area (Å²) in [5, 5.41) is 0. The first-order valence-corrected chi connectivity index (χ1v) is 3.40. The zero-order valence-corrected chi connectivity index (χ0v) is 6.65. The summed E-state index contributed by atoms with van der Waals surface area (Å²) >= 11 is 0. The molecule has 1 rings (SSSR count). The Morgan fingerprint density at radius 1 is 1.67 bits per heavy atom. The molecule has 0 aliphatic carbocycles. The second-order valence-corrected chi connectivity index (χ2v) is 2.12. The van der Waals surface area contributed by atoms with Crippen molar-refractivity contribution in [1.29, 1.82) is 0 Å². The van der Waals surface area contributed by atoms with Crippen LogP contribution in [0.1, 0.15) is 12.6 Å². The second-order valence-electron chi connectivity index (χ2n) is 2.12. The van der Waals surface area contributed by atoms with Crippen LogP contribution in [0, 0.1) is 6.57 Å². The first-order valence-electron chi connectivity index (χ1n) is 3.40. The van der Waals surface area contributed by atoms with E-state index >= 15 is 0 Å². The summed E-state index contributed by atoms with van der Waals surface area (Å²) in [6.45, 7) is 8.60. The average molecular weight is 160 g/mol. The summed E-state index contributed by atoms with van der Waals surface area (Å²) in [6, 6.07) is 0. The standard InChI is InChI=1S/C8H8N4/c1-3-4-6-5-11-7(9)8(10-2)12-6/h3-5H,1H3,(H2,9,11)/b4-3-. The summed E-state index contributed by atoms with van der Waals surface area (Å²) in [5.41, 5.74) is 6.04. The van der Waals surface area contributed by atoms with Crippen LogP contribution >= 0.6 is 0 Å². The molecule has 0 bridgehead atoms. The number of anilines is 1. The van der Waals surface area contributed by atoms with Crippen LogP contribution in [0.5, 0.6) is 0 Å². The van der Waals surface area contributed by atoms with E-state index in [0.717, 1.165) is 0 Å². The molecule has 0 aliphatic rings. The lowest BCUT2D eigenvalue weighted by atomic mass is 10.4. The van der Waals surface area contributed by atoms with E-state index in [0.29, 0.717) is 5.69 Å². The molecule has 0 radical (unpaired) electrons. The Bertz CT molecular complexity index is 349. The normalized spacial score (nSPS) is 10.0. The fraction of sp³-hybridized carbons (Fsp3) is 0.125. The van der Waals surface area contributed by atoms with Gasteiger partial charge in [-0.3, -0.25) is 0 Å². The van der Waals surface area contributed by atoms with Crippen molar-refractivity contribution in [2.45, 2.75) is 6.92 Å². The first-order chi connectivity index (χ1) is 5.77. The molecule has 1 aromatic rings. The highest BCUT2D eigenvalue weighted by Crippen LogP contribution is 2.15. The lowest BCUT2D eigenvalue weighted by molar-refractivity contribution is 1.21. The van der Waals surface area contributed by atoms with Crippen molar-refractivity contribution < 1.29 is 0 Å². The van der Waals surface area contributed by atoms with E-state index in [1.165, 1.54) is 6.20 Å². The fourth-order valence-electron chi connectivity index (χ4n) is 0.735. The number of aromatic nitrogens is 2.